The average Bonchev–Trinajstić information content (AvgIpc) is 2.84. The number of pyridine rings is 1. The van der Waals surface area contributed by atoms with Gasteiger partial charge in [0, 0.05) is 19.3 Å². The molecule has 0 radical (unpaired) electrons. The number of nitrogens with zero attached hydrogens (tertiary/aromatic N) is 3. The van der Waals surface area contributed by atoms with Crippen LogP contribution in [0, 0.1) is 0 Å². The lowest BCUT2D eigenvalue weighted by atomic mass is 10.3. The fraction of sp³-hybridized carbons (Fsp3) is 0.200. The quantitative estimate of drug-likeness (QED) is 0.795. The molecule has 2 aromatic heterocycles. The fourth-order valence-electron chi connectivity index (χ4n) is 2.27. The van der Waals surface area contributed by atoms with Gasteiger partial charge in [0.15, 0.2) is 5.82 Å². The van der Waals surface area contributed by atoms with Crippen LogP contribution >= 0.6 is 23.2 Å². The van der Waals surface area contributed by atoms with Gasteiger partial charge in [-0.25, -0.2) is 4.98 Å². The van der Waals surface area contributed by atoms with E-state index in [1.165, 1.54) is 0 Å². The van der Waals surface area contributed by atoms with Gasteiger partial charge < -0.3 is 9.67 Å². The Bertz CT molecular complexity index is 771. The third-order valence-corrected chi connectivity index (χ3v) is 3.95. The number of aryl methyl sites for hydroxylation is 1. The molecule has 0 aliphatic carbocycles. The first-order valence-corrected chi connectivity index (χ1v) is 7.34. The summed E-state index contributed by atoms with van der Waals surface area (Å²) in [6.45, 7) is 0.750. The number of aromatic nitrogens is 3. The molecule has 0 bridgehead atoms. The van der Waals surface area contributed by atoms with E-state index in [2.05, 4.69) is 9.97 Å². The fourth-order valence-corrected chi connectivity index (χ4v) is 2.58. The van der Waals surface area contributed by atoms with Crippen LogP contribution in [0.5, 0.6) is 0 Å². The van der Waals surface area contributed by atoms with Crippen molar-refractivity contribution in [3.8, 4) is 11.5 Å². The molecule has 108 valence electrons. The van der Waals surface area contributed by atoms with Crippen molar-refractivity contribution >= 4 is 34.2 Å². The van der Waals surface area contributed by atoms with Gasteiger partial charge in [-0.1, -0.05) is 29.3 Å². The van der Waals surface area contributed by atoms with Gasteiger partial charge in [-0.2, -0.15) is 0 Å². The monoisotopic (exact) mass is 321 g/mol. The molecule has 0 aliphatic rings. The highest BCUT2D eigenvalue weighted by molar-refractivity contribution is 6.42. The number of aliphatic hydroxyl groups excluding tert-OH is 1. The summed E-state index contributed by atoms with van der Waals surface area (Å²) in [7, 11) is 0. The Kier molecular flexibility index (Phi) is 4.10. The Morgan fingerprint density at radius 2 is 1.95 bits per heavy atom. The molecule has 2 heterocycles. The number of halogens is 2. The lowest BCUT2D eigenvalue weighted by Gasteiger charge is -2.08. The maximum absolute atomic E-state index is 9.10. The van der Waals surface area contributed by atoms with Crippen LogP contribution in [0.25, 0.3) is 22.6 Å². The van der Waals surface area contributed by atoms with Crippen molar-refractivity contribution in [2.45, 2.75) is 13.0 Å². The molecule has 0 spiro atoms. The SMILES string of the molecule is OCCCn1c(-c2ccccn2)nc2cc(Cl)c(Cl)cc21. The Labute approximate surface area is 132 Å². The lowest BCUT2D eigenvalue weighted by molar-refractivity contribution is 0.281. The predicted molar refractivity (Wildman–Crippen MR) is 84.7 cm³/mol. The van der Waals surface area contributed by atoms with E-state index in [4.69, 9.17) is 28.3 Å². The van der Waals surface area contributed by atoms with Crippen molar-refractivity contribution in [3.05, 3.63) is 46.6 Å². The number of fused-ring (bicyclic) bond motifs is 1. The highest BCUT2D eigenvalue weighted by Gasteiger charge is 2.15. The highest BCUT2D eigenvalue weighted by atomic mass is 35.5. The van der Waals surface area contributed by atoms with Gasteiger partial charge in [0.1, 0.15) is 5.69 Å². The number of hydrogen-bond acceptors (Lipinski definition) is 3. The zero-order valence-corrected chi connectivity index (χ0v) is 12.6. The van der Waals surface area contributed by atoms with Gasteiger partial charge in [-0.05, 0) is 30.7 Å². The van der Waals surface area contributed by atoms with Crippen LogP contribution in [0.15, 0.2) is 36.5 Å². The Balaban J connectivity index is 2.22. The number of imidazole rings is 1. The first-order chi connectivity index (χ1) is 10.2. The number of benzene rings is 1. The molecule has 0 atom stereocenters. The van der Waals surface area contributed by atoms with Gasteiger partial charge in [0.25, 0.3) is 0 Å². The van der Waals surface area contributed by atoms with E-state index in [1.54, 1.807) is 18.3 Å². The third kappa shape index (κ3) is 2.75. The second-order valence-electron chi connectivity index (χ2n) is 4.63. The molecule has 6 heteroatoms. The van der Waals surface area contributed by atoms with E-state index >= 15 is 0 Å². The van der Waals surface area contributed by atoms with Crippen molar-refractivity contribution in [2.24, 2.45) is 0 Å². The molecule has 1 aromatic carbocycles. The van der Waals surface area contributed by atoms with Crippen LogP contribution in [-0.4, -0.2) is 26.2 Å². The molecule has 0 unspecified atom stereocenters. The molecule has 3 rings (SSSR count). The normalized spacial score (nSPS) is 11.2. The average molecular weight is 322 g/mol. The van der Waals surface area contributed by atoms with Gasteiger partial charge >= 0.3 is 0 Å². The summed E-state index contributed by atoms with van der Waals surface area (Å²) in [5.74, 6) is 0.748. The third-order valence-electron chi connectivity index (χ3n) is 3.22. The second kappa shape index (κ2) is 6.02. The first kappa shape index (κ1) is 14.3. The minimum Gasteiger partial charge on any atom is -0.396 e. The predicted octanol–water partition coefficient (Wildman–Crippen LogP) is 3.79. The maximum Gasteiger partial charge on any atom is 0.159 e. The highest BCUT2D eigenvalue weighted by Crippen LogP contribution is 2.31. The van der Waals surface area contributed by atoms with Crippen LogP contribution in [-0.2, 0) is 6.54 Å². The number of hydrogen-bond donors (Lipinski definition) is 1. The molecular weight excluding hydrogens is 309 g/mol. The van der Waals surface area contributed by atoms with Crippen LogP contribution in [0.2, 0.25) is 10.0 Å². The Morgan fingerprint density at radius 3 is 2.67 bits per heavy atom. The van der Waals surface area contributed by atoms with E-state index in [1.807, 2.05) is 22.8 Å². The summed E-state index contributed by atoms with van der Waals surface area (Å²) < 4.78 is 2.01. The molecule has 0 saturated heterocycles. The van der Waals surface area contributed by atoms with Crippen molar-refractivity contribution in [3.63, 3.8) is 0 Å². The smallest absolute Gasteiger partial charge is 0.159 e. The zero-order valence-electron chi connectivity index (χ0n) is 11.1. The number of rotatable bonds is 4. The van der Waals surface area contributed by atoms with Crippen molar-refractivity contribution in [1.29, 1.82) is 0 Å². The minimum atomic E-state index is 0.114. The standard InChI is InChI=1S/C15H13Cl2N3O/c16-10-8-13-14(9-11(10)17)20(6-3-7-21)15(19-13)12-4-1-2-5-18-12/h1-2,4-5,8-9,21H,3,6-7H2. The molecule has 4 nitrogen and oxygen atoms in total. The molecule has 0 amide bonds. The van der Waals surface area contributed by atoms with Gasteiger partial charge in [-0.15, -0.1) is 0 Å². The van der Waals surface area contributed by atoms with Crippen LogP contribution < -0.4 is 0 Å². The molecule has 0 aliphatic heterocycles. The Hall–Kier alpha value is -1.62. The van der Waals surface area contributed by atoms with E-state index < -0.39 is 0 Å². The van der Waals surface area contributed by atoms with E-state index in [-0.39, 0.29) is 6.61 Å². The van der Waals surface area contributed by atoms with E-state index in [0.717, 1.165) is 22.6 Å². The topological polar surface area (TPSA) is 50.9 Å². The molecule has 0 saturated carbocycles. The summed E-state index contributed by atoms with van der Waals surface area (Å²) in [6, 6.07) is 9.23. The van der Waals surface area contributed by atoms with Crippen LogP contribution in [0.4, 0.5) is 0 Å². The van der Waals surface area contributed by atoms with Crippen molar-refractivity contribution in [2.75, 3.05) is 6.61 Å². The summed E-state index contributed by atoms with van der Waals surface area (Å²) in [6.07, 6.45) is 2.36. The lowest BCUT2D eigenvalue weighted by Crippen LogP contribution is -2.03. The molecule has 21 heavy (non-hydrogen) atoms. The summed E-state index contributed by atoms with van der Waals surface area (Å²) >= 11 is 12.2. The first-order valence-electron chi connectivity index (χ1n) is 6.58. The molecule has 3 aromatic rings. The zero-order chi connectivity index (χ0) is 14.8. The van der Waals surface area contributed by atoms with Gasteiger partial charge in [0.2, 0.25) is 0 Å². The van der Waals surface area contributed by atoms with Gasteiger partial charge in [-0.3, -0.25) is 4.98 Å². The maximum atomic E-state index is 9.10. The largest absolute Gasteiger partial charge is 0.396 e. The summed E-state index contributed by atoms with van der Waals surface area (Å²) in [5.41, 5.74) is 2.43. The number of aliphatic hydroxyl groups is 1. The van der Waals surface area contributed by atoms with E-state index in [9.17, 15) is 0 Å². The molecular formula is C15H13Cl2N3O. The van der Waals surface area contributed by atoms with Crippen LogP contribution in [0.1, 0.15) is 6.42 Å². The summed E-state index contributed by atoms with van der Waals surface area (Å²) in [4.78, 5) is 8.96. The second-order valence-corrected chi connectivity index (χ2v) is 5.45. The van der Waals surface area contributed by atoms with E-state index in [0.29, 0.717) is 23.0 Å². The molecule has 1 N–H and O–H groups in total. The van der Waals surface area contributed by atoms with Gasteiger partial charge in [0.05, 0.1) is 21.1 Å². The Morgan fingerprint density at radius 1 is 1.14 bits per heavy atom. The van der Waals surface area contributed by atoms with Crippen molar-refractivity contribution < 1.29 is 5.11 Å². The van der Waals surface area contributed by atoms with Crippen molar-refractivity contribution in [1.82, 2.24) is 14.5 Å². The minimum absolute atomic E-state index is 0.114. The van der Waals surface area contributed by atoms with Crippen LogP contribution in [0.3, 0.4) is 0 Å². The molecule has 0 fully saturated rings. The summed E-state index contributed by atoms with van der Waals surface area (Å²) in [5, 5.41) is 10.1.